The molecule has 0 aliphatic rings. The van der Waals surface area contributed by atoms with Crippen LogP contribution in [0.1, 0.15) is 33.4 Å². The van der Waals surface area contributed by atoms with Crippen molar-refractivity contribution in [2.45, 2.75) is 37.7 Å². The fourth-order valence-electron chi connectivity index (χ4n) is 6.24. The van der Waals surface area contributed by atoms with E-state index in [2.05, 4.69) is 9.97 Å². The van der Waals surface area contributed by atoms with Crippen molar-refractivity contribution in [3.05, 3.63) is 155 Å². The molecule has 0 saturated carbocycles. The molecule has 0 spiro atoms. The average Bonchev–Trinajstić information content (AvgIpc) is 3.08. The molecule has 0 bridgehead atoms. The number of pyridine rings is 2. The number of rotatable bonds is 8. The van der Waals surface area contributed by atoms with E-state index < -0.39 is 56.5 Å². The summed E-state index contributed by atoms with van der Waals surface area (Å²) in [7, 11) is -4.12. The van der Waals surface area contributed by atoms with Crippen LogP contribution in [0, 0.1) is 25.5 Å². The van der Waals surface area contributed by atoms with Crippen LogP contribution in [0.3, 0.4) is 0 Å². The van der Waals surface area contributed by atoms with Crippen LogP contribution in [0.5, 0.6) is 0 Å². The Morgan fingerprint density at radius 3 is 1.21 bits per heavy atom. The fourth-order valence-corrected chi connectivity index (χ4v) is 7.76. The van der Waals surface area contributed by atoms with Gasteiger partial charge in [0.2, 0.25) is 0 Å². The second-order valence-electron chi connectivity index (χ2n) is 12.5. The van der Waals surface area contributed by atoms with Crippen molar-refractivity contribution in [1.29, 1.82) is 0 Å². The van der Waals surface area contributed by atoms with E-state index in [0.29, 0.717) is 44.5 Å². The minimum Gasteiger partial charge on any atom is -0.264 e. The van der Waals surface area contributed by atoms with Crippen LogP contribution in [0.25, 0.3) is 44.5 Å². The molecule has 2 aromatic heterocycles. The topological polar surface area (TPSA) is 59.9 Å². The lowest BCUT2D eigenvalue weighted by Crippen LogP contribution is -2.10. The van der Waals surface area contributed by atoms with Crippen LogP contribution in [0.2, 0.25) is 0 Å². The number of aromatic nitrogens is 2. The predicted molar refractivity (Wildman–Crippen MR) is 186 cm³/mol. The average molecular weight is 753 g/mol. The third-order valence-corrected chi connectivity index (χ3v) is 10.3. The molecule has 13 heteroatoms. The quantitative estimate of drug-likeness (QED) is 0.145. The second-order valence-corrected chi connectivity index (χ2v) is 14.6. The molecule has 6 aromatic rings. The summed E-state index contributed by atoms with van der Waals surface area (Å²) in [4.78, 5) is 8.16. The Morgan fingerprint density at radius 1 is 0.509 bits per heavy atom. The maximum Gasteiger partial charge on any atom is 0.416 e. The van der Waals surface area contributed by atoms with Crippen molar-refractivity contribution < 1.29 is 43.5 Å². The molecule has 0 radical (unpaired) electrons. The van der Waals surface area contributed by atoms with Crippen molar-refractivity contribution in [1.82, 2.24) is 9.97 Å². The highest BCUT2D eigenvalue weighted by molar-refractivity contribution is 7.89. The number of nitrogens with zero attached hydrogens (tertiary/aromatic N) is 2. The summed E-state index contributed by atoms with van der Waals surface area (Å²) in [6.07, 6.45) is -3.29. The van der Waals surface area contributed by atoms with Gasteiger partial charge in [-0.2, -0.15) is 26.3 Å². The zero-order valence-corrected chi connectivity index (χ0v) is 28.8. The summed E-state index contributed by atoms with van der Waals surface area (Å²) in [5, 5.41) is 0. The number of alkyl halides is 6. The first-order chi connectivity index (χ1) is 24.9. The SMILES string of the molecule is Cc1cc(-c2ccncc2-c2ccc(CS(=O)(=O)Cc3ccc(-c4cnccc4-c4ccc(C(F)(F)F)c(C)c4)cc3F)c(F)c2)ccc1C(F)(F)F. The Labute approximate surface area is 299 Å². The van der Waals surface area contributed by atoms with Gasteiger partial charge in [0.1, 0.15) is 11.6 Å². The molecule has 0 amide bonds. The minimum atomic E-state index is -4.53. The lowest BCUT2D eigenvalue weighted by atomic mass is 9.93. The van der Waals surface area contributed by atoms with E-state index in [4.69, 9.17) is 0 Å². The third-order valence-electron chi connectivity index (χ3n) is 8.81. The summed E-state index contributed by atoms with van der Waals surface area (Å²) in [6.45, 7) is 2.68. The van der Waals surface area contributed by atoms with Crippen molar-refractivity contribution in [3.8, 4) is 44.5 Å². The lowest BCUT2D eigenvalue weighted by Gasteiger charge is -2.15. The van der Waals surface area contributed by atoms with Gasteiger partial charge in [-0.1, -0.05) is 48.5 Å². The molecule has 0 aliphatic heterocycles. The van der Waals surface area contributed by atoms with Crippen LogP contribution in [0.15, 0.2) is 110 Å². The van der Waals surface area contributed by atoms with Crippen molar-refractivity contribution in [2.75, 3.05) is 0 Å². The molecule has 0 aliphatic carbocycles. The highest BCUT2D eigenvalue weighted by atomic mass is 32.2. The van der Waals surface area contributed by atoms with Gasteiger partial charge in [-0.15, -0.1) is 0 Å². The lowest BCUT2D eigenvalue weighted by molar-refractivity contribution is -0.138. The van der Waals surface area contributed by atoms with Crippen LogP contribution in [-0.2, 0) is 33.7 Å². The van der Waals surface area contributed by atoms with E-state index in [1.807, 2.05) is 0 Å². The highest BCUT2D eigenvalue weighted by Crippen LogP contribution is 2.39. The Bertz CT molecular complexity index is 2300. The molecule has 0 saturated heterocycles. The molecular weight excluding hydrogens is 725 g/mol. The molecule has 2 heterocycles. The molecule has 6 rings (SSSR count). The molecule has 0 atom stereocenters. The first-order valence-corrected chi connectivity index (χ1v) is 17.8. The second kappa shape index (κ2) is 14.2. The Kier molecular flexibility index (Phi) is 9.99. The van der Waals surface area contributed by atoms with Gasteiger partial charge in [-0.05, 0) is 94.8 Å². The first-order valence-electron chi connectivity index (χ1n) is 15.9. The van der Waals surface area contributed by atoms with Gasteiger partial charge in [0.25, 0.3) is 0 Å². The van der Waals surface area contributed by atoms with Crippen LogP contribution in [-0.4, -0.2) is 18.4 Å². The van der Waals surface area contributed by atoms with E-state index in [-0.39, 0.29) is 22.3 Å². The molecule has 0 N–H and O–H groups in total. The number of halogens is 8. The van der Waals surface area contributed by atoms with Crippen LogP contribution < -0.4 is 0 Å². The van der Waals surface area contributed by atoms with Gasteiger partial charge >= 0.3 is 12.4 Å². The molecule has 0 fully saturated rings. The zero-order valence-electron chi connectivity index (χ0n) is 27.9. The standard InChI is InChI=1S/C40H28F8N2O2S/c1-23-15-25(7-9-35(23)39(43,44)45)31-11-13-49-19-33(31)27-3-5-29(37(41)17-27)21-53(51,52)22-30-6-4-28(18-38(30)42)34-20-50-14-12-32(34)26-8-10-36(24(2)16-26)40(46,47)48/h3-20H,21-22H2,1-2H3. The van der Waals surface area contributed by atoms with Crippen LogP contribution in [0.4, 0.5) is 35.1 Å². The maximum atomic E-state index is 15.4. The third kappa shape index (κ3) is 8.15. The molecule has 4 nitrogen and oxygen atoms in total. The molecule has 272 valence electrons. The van der Waals surface area contributed by atoms with E-state index in [1.54, 1.807) is 12.1 Å². The maximum absolute atomic E-state index is 15.4. The summed E-state index contributed by atoms with van der Waals surface area (Å²) in [6, 6.07) is 18.2. The van der Waals surface area contributed by atoms with E-state index >= 15 is 8.78 Å². The molecular formula is C40H28F8N2O2S. The van der Waals surface area contributed by atoms with Gasteiger partial charge in [-0.25, -0.2) is 17.2 Å². The van der Waals surface area contributed by atoms with Gasteiger partial charge in [0, 0.05) is 47.0 Å². The fraction of sp³-hybridized carbons (Fsp3) is 0.150. The smallest absolute Gasteiger partial charge is 0.264 e. The Balaban J connectivity index is 1.22. The molecule has 0 unspecified atom stereocenters. The van der Waals surface area contributed by atoms with Gasteiger partial charge in [0.05, 0.1) is 22.6 Å². The molecule has 53 heavy (non-hydrogen) atoms. The first kappa shape index (κ1) is 37.3. The van der Waals surface area contributed by atoms with E-state index in [1.165, 1.54) is 87.2 Å². The summed E-state index contributed by atoms with van der Waals surface area (Å²) >= 11 is 0. The van der Waals surface area contributed by atoms with Gasteiger partial charge in [-0.3, -0.25) is 9.97 Å². The number of sulfone groups is 1. The van der Waals surface area contributed by atoms with Gasteiger partial charge < -0.3 is 0 Å². The number of hydrogen-bond acceptors (Lipinski definition) is 4. The Morgan fingerprint density at radius 2 is 0.868 bits per heavy atom. The monoisotopic (exact) mass is 752 g/mol. The van der Waals surface area contributed by atoms with Gasteiger partial charge in [0.15, 0.2) is 9.84 Å². The van der Waals surface area contributed by atoms with E-state index in [9.17, 15) is 34.8 Å². The van der Waals surface area contributed by atoms with Crippen molar-refractivity contribution in [2.24, 2.45) is 0 Å². The van der Waals surface area contributed by atoms with Crippen molar-refractivity contribution >= 4 is 9.84 Å². The predicted octanol–water partition coefficient (Wildman–Crippen LogP) is 11.2. The minimum absolute atomic E-state index is 0.00521. The largest absolute Gasteiger partial charge is 0.416 e. The number of benzene rings is 4. The summed E-state index contributed by atoms with van der Waals surface area (Å²) in [5.74, 6) is -3.22. The summed E-state index contributed by atoms with van der Waals surface area (Å²) < 4.78 is 137. The number of hydrogen-bond donors (Lipinski definition) is 0. The number of aryl methyl sites for hydroxylation is 2. The highest BCUT2D eigenvalue weighted by Gasteiger charge is 2.33. The zero-order chi connectivity index (χ0) is 38.3. The molecule has 4 aromatic carbocycles. The van der Waals surface area contributed by atoms with Crippen LogP contribution >= 0.6 is 0 Å². The van der Waals surface area contributed by atoms with Crippen molar-refractivity contribution in [3.63, 3.8) is 0 Å². The summed E-state index contributed by atoms with van der Waals surface area (Å²) in [5.41, 5.74) is 1.42. The Hall–Kier alpha value is -5.43. The normalized spacial score (nSPS) is 12.3. The van der Waals surface area contributed by atoms with E-state index in [0.717, 1.165) is 24.3 Å².